The summed E-state index contributed by atoms with van der Waals surface area (Å²) in [6.07, 6.45) is 4.86. The van der Waals surface area contributed by atoms with Crippen LogP contribution in [0.3, 0.4) is 0 Å². The fraction of sp³-hybridized carbons (Fsp3) is 0.833. The first-order chi connectivity index (χ1) is 8.05. The van der Waals surface area contributed by atoms with Crippen molar-refractivity contribution in [1.29, 1.82) is 0 Å². The van der Waals surface area contributed by atoms with Crippen molar-refractivity contribution in [2.75, 3.05) is 13.1 Å². The van der Waals surface area contributed by atoms with Crippen LogP contribution in [-0.4, -0.2) is 30.1 Å². The second kappa shape index (κ2) is 4.29. The van der Waals surface area contributed by atoms with Crippen molar-refractivity contribution in [1.82, 2.24) is 5.32 Å². The molecule has 4 N–H and O–H groups in total. The van der Waals surface area contributed by atoms with Crippen molar-refractivity contribution < 1.29 is 14.7 Å². The Morgan fingerprint density at radius 1 is 1.12 bits per heavy atom. The first-order valence-electron chi connectivity index (χ1n) is 6.26. The van der Waals surface area contributed by atoms with Gasteiger partial charge in [-0.05, 0) is 25.7 Å². The molecule has 0 radical (unpaired) electrons. The van der Waals surface area contributed by atoms with Crippen LogP contribution in [0.2, 0.25) is 0 Å². The Hall–Kier alpha value is -1.10. The smallest absolute Gasteiger partial charge is 0.311 e. The predicted octanol–water partition coefficient (Wildman–Crippen LogP) is 0.486. The van der Waals surface area contributed by atoms with Crippen LogP contribution in [0.15, 0.2) is 0 Å². The van der Waals surface area contributed by atoms with Crippen LogP contribution in [0.1, 0.15) is 38.5 Å². The zero-order chi connectivity index (χ0) is 12.5. The maximum atomic E-state index is 11.9. The molecule has 0 atom stereocenters. The largest absolute Gasteiger partial charge is 0.481 e. The van der Waals surface area contributed by atoms with Gasteiger partial charge in [-0.3, -0.25) is 9.59 Å². The fourth-order valence-corrected chi connectivity index (χ4v) is 2.63. The van der Waals surface area contributed by atoms with E-state index in [0.717, 1.165) is 25.7 Å². The van der Waals surface area contributed by atoms with Gasteiger partial charge in [0.2, 0.25) is 5.91 Å². The van der Waals surface area contributed by atoms with E-state index in [2.05, 4.69) is 5.32 Å². The van der Waals surface area contributed by atoms with Crippen LogP contribution in [0.25, 0.3) is 0 Å². The molecule has 17 heavy (non-hydrogen) atoms. The Balaban J connectivity index is 1.92. The molecule has 96 valence electrons. The van der Waals surface area contributed by atoms with Gasteiger partial charge in [0.15, 0.2) is 0 Å². The minimum absolute atomic E-state index is 0.0625. The summed E-state index contributed by atoms with van der Waals surface area (Å²) in [5, 5.41) is 12.1. The Labute approximate surface area is 101 Å². The van der Waals surface area contributed by atoms with Gasteiger partial charge in [-0.25, -0.2) is 0 Å². The monoisotopic (exact) mass is 240 g/mol. The van der Waals surface area contributed by atoms with E-state index in [0.29, 0.717) is 19.4 Å². The highest BCUT2D eigenvalue weighted by molar-refractivity contribution is 5.86. The van der Waals surface area contributed by atoms with Crippen LogP contribution in [0.4, 0.5) is 0 Å². The van der Waals surface area contributed by atoms with E-state index in [-0.39, 0.29) is 12.5 Å². The van der Waals surface area contributed by atoms with E-state index >= 15 is 0 Å². The molecule has 0 unspecified atom stereocenters. The quantitative estimate of drug-likeness (QED) is 0.652. The average Bonchev–Trinajstić information content (AvgIpc) is 2.97. The third-order valence-corrected chi connectivity index (χ3v) is 4.33. The zero-order valence-electron chi connectivity index (χ0n) is 10.00. The topological polar surface area (TPSA) is 92.4 Å². The van der Waals surface area contributed by atoms with Gasteiger partial charge in [0.25, 0.3) is 0 Å². The molecule has 0 aromatic heterocycles. The van der Waals surface area contributed by atoms with E-state index in [1.54, 1.807) is 0 Å². The summed E-state index contributed by atoms with van der Waals surface area (Å²) >= 11 is 0. The van der Waals surface area contributed by atoms with Crippen molar-refractivity contribution >= 4 is 11.9 Å². The van der Waals surface area contributed by atoms with Crippen LogP contribution in [0.5, 0.6) is 0 Å². The lowest BCUT2D eigenvalue weighted by Gasteiger charge is -2.25. The molecular weight excluding hydrogens is 220 g/mol. The summed E-state index contributed by atoms with van der Waals surface area (Å²) in [4.78, 5) is 23.2. The fourth-order valence-electron chi connectivity index (χ4n) is 2.63. The molecule has 2 saturated carbocycles. The predicted molar refractivity (Wildman–Crippen MR) is 62.3 cm³/mol. The summed E-state index contributed by atoms with van der Waals surface area (Å²) in [5.41, 5.74) is 4.44. The summed E-state index contributed by atoms with van der Waals surface area (Å²) in [7, 11) is 0. The molecular formula is C12H20N2O3. The lowest BCUT2D eigenvalue weighted by Crippen LogP contribution is -2.45. The van der Waals surface area contributed by atoms with Crippen molar-refractivity contribution in [3.8, 4) is 0 Å². The Bertz CT molecular complexity index is 331. The molecule has 2 aliphatic carbocycles. The molecule has 2 fully saturated rings. The molecule has 2 rings (SSSR count). The lowest BCUT2D eigenvalue weighted by molar-refractivity contribution is -0.148. The van der Waals surface area contributed by atoms with Crippen molar-refractivity contribution in [3.63, 3.8) is 0 Å². The van der Waals surface area contributed by atoms with Crippen LogP contribution >= 0.6 is 0 Å². The second-order valence-electron chi connectivity index (χ2n) is 5.46. The number of carbonyl (C=O) groups excluding carboxylic acids is 1. The van der Waals surface area contributed by atoms with Gasteiger partial charge in [0, 0.05) is 13.1 Å². The molecule has 0 aliphatic heterocycles. The molecule has 2 aliphatic rings. The molecule has 0 bridgehead atoms. The Kier molecular flexibility index (Phi) is 3.12. The molecule has 0 spiro atoms. The van der Waals surface area contributed by atoms with Gasteiger partial charge in [0.05, 0.1) is 10.8 Å². The van der Waals surface area contributed by atoms with Crippen molar-refractivity contribution in [2.24, 2.45) is 16.6 Å². The first-order valence-corrected chi connectivity index (χ1v) is 6.26. The molecule has 0 aromatic carbocycles. The SMILES string of the molecule is NCC1(C(=O)NCC2(C(=O)O)CCCC2)CC1. The van der Waals surface area contributed by atoms with Crippen LogP contribution in [-0.2, 0) is 9.59 Å². The molecule has 1 amide bonds. The number of nitrogens with one attached hydrogen (secondary N) is 1. The number of carboxylic acids is 1. The Morgan fingerprint density at radius 2 is 1.71 bits per heavy atom. The average molecular weight is 240 g/mol. The highest BCUT2D eigenvalue weighted by Crippen LogP contribution is 2.45. The third-order valence-electron chi connectivity index (χ3n) is 4.33. The third kappa shape index (κ3) is 2.16. The van der Waals surface area contributed by atoms with E-state index < -0.39 is 16.8 Å². The summed E-state index contributed by atoms with van der Waals surface area (Å²) < 4.78 is 0. The standard InChI is InChI=1S/C12H20N2O3/c13-7-11(5-6-11)9(15)14-8-12(10(16)17)3-1-2-4-12/h1-8,13H2,(H,14,15)(H,16,17). The van der Waals surface area contributed by atoms with Gasteiger partial charge in [-0.1, -0.05) is 12.8 Å². The summed E-state index contributed by atoms with van der Waals surface area (Å²) in [6.45, 7) is 0.613. The minimum atomic E-state index is -0.784. The molecule has 0 saturated heterocycles. The number of hydrogen-bond acceptors (Lipinski definition) is 3. The normalized spacial score (nSPS) is 24.3. The number of hydrogen-bond donors (Lipinski definition) is 3. The molecule has 0 heterocycles. The highest BCUT2D eigenvalue weighted by Gasteiger charge is 2.50. The molecule has 0 aromatic rings. The van der Waals surface area contributed by atoms with E-state index in [9.17, 15) is 14.7 Å². The van der Waals surface area contributed by atoms with Crippen LogP contribution in [0, 0.1) is 10.8 Å². The zero-order valence-corrected chi connectivity index (χ0v) is 10.00. The van der Waals surface area contributed by atoms with E-state index in [1.165, 1.54) is 0 Å². The lowest BCUT2D eigenvalue weighted by atomic mass is 9.86. The number of carbonyl (C=O) groups is 2. The van der Waals surface area contributed by atoms with Crippen LogP contribution < -0.4 is 11.1 Å². The number of rotatable bonds is 5. The van der Waals surface area contributed by atoms with E-state index in [1.807, 2.05) is 0 Å². The summed E-state index contributed by atoms with van der Waals surface area (Å²) in [5.74, 6) is -0.847. The number of amides is 1. The van der Waals surface area contributed by atoms with Gasteiger partial charge >= 0.3 is 5.97 Å². The minimum Gasteiger partial charge on any atom is -0.481 e. The van der Waals surface area contributed by atoms with Gasteiger partial charge < -0.3 is 16.2 Å². The summed E-state index contributed by atoms with van der Waals surface area (Å²) in [6, 6.07) is 0. The highest BCUT2D eigenvalue weighted by atomic mass is 16.4. The molecule has 5 nitrogen and oxygen atoms in total. The van der Waals surface area contributed by atoms with Gasteiger partial charge in [0.1, 0.15) is 0 Å². The van der Waals surface area contributed by atoms with E-state index in [4.69, 9.17) is 5.73 Å². The number of aliphatic carboxylic acids is 1. The van der Waals surface area contributed by atoms with Crippen molar-refractivity contribution in [2.45, 2.75) is 38.5 Å². The maximum Gasteiger partial charge on any atom is 0.311 e. The Morgan fingerprint density at radius 3 is 2.12 bits per heavy atom. The second-order valence-corrected chi connectivity index (χ2v) is 5.46. The molecule has 5 heteroatoms. The number of carboxylic acid groups (broad SMARTS) is 1. The maximum absolute atomic E-state index is 11.9. The van der Waals surface area contributed by atoms with Gasteiger partial charge in [-0.15, -0.1) is 0 Å². The van der Waals surface area contributed by atoms with Gasteiger partial charge in [-0.2, -0.15) is 0 Å². The number of nitrogens with two attached hydrogens (primary N) is 1. The first kappa shape index (κ1) is 12.4. The van der Waals surface area contributed by atoms with Crippen molar-refractivity contribution in [3.05, 3.63) is 0 Å².